The first-order valence-electron chi connectivity index (χ1n) is 18.4. The Balaban J connectivity index is 1.65. The quantitative estimate of drug-likeness (QED) is 0.188. The minimum Gasteiger partial charge on any atom is -0.404 e. The van der Waals surface area contributed by atoms with Gasteiger partial charge in [0.1, 0.15) is 0 Å². The highest BCUT2D eigenvalue weighted by Gasteiger charge is 2.31. The van der Waals surface area contributed by atoms with E-state index in [4.69, 9.17) is 11.5 Å². The second kappa shape index (κ2) is 18.6. The van der Waals surface area contributed by atoms with Crippen LogP contribution in [0.2, 0.25) is 0 Å². The lowest BCUT2D eigenvalue weighted by Gasteiger charge is -2.36. The van der Waals surface area contributed by atoms with Gasteiger partial charge in [-0.15, -0.1) is 0 Å². The van der Waals surface area contributed by atoms with E-state index in [9.17, 15) is 0 Å². The van der Waals surface area contributed by atoms with E-state index in [1.54, 1.807) is 34.6 Å². The fraction of sp³-hybridized carbons (Fsp3) is 0.422. The zero-order valence-electron chi connectivity index (χ0n) is 29.8. The minimum absolute atomic E-state index is 0.538. The van der Waals surface area contributed by atoms with Crippen molar-refractivity contribution >= 4 is 0 Å². The molecule has 0 aromatic rings. The summed E-state index contributed by atoms with van der Waals surface area (Å²) in [7, 11) is 0. The fourth-order valence-electron chi connectivity index (χ4n) is 7.78. The second-order valence-electron chi connectivity index (χ2n) is 13.3. The predicted molar refractivity (Wildman–Crippen MR) is 207 cm³/mol. The summed E-state index contributed by atoms with van der Waals surface area (Å²) in [6.07, 6.45) is 43.8. The zero-order chi connectivity index (χ0) is 33.6. The molecule has 1 unspecified atom stereocenters. The van der Waals surface area contributed by atoms with Crippen LogP contribution < -0.4 is 11.5 Å². The van der Waals surface area contributed by atoms with Crippen LogP contribution in [0.5, 0.6) is 0 Å². The molecule has 0 radical (unpaired) electrons. The molecule has 4 aliphatic carbocycles. The SMILES string of the molecule is C=C/C=C(\CN)C/C=C\C(=C/N)C1=CC=C(C2=C(/C=C\CC)C(C)=C(C3=CCC(C(/C=C\CCC)=C/C)C4=C3CCCC4)CC2)CC1. The Morgan fingerprint density at radius 1 is 0.936 bits per heavy atom. The summed E-state index contributed by atoms with van der Waals surface area (Å²) in [5.74, 6) is 0.546. The van der Waals surface area contributed by atoms with Gasteiger partial charge in [0.25, 0.3) is 0 Å². The molecule has 4 aliphatic rings. The van der Waals surface area contributed by atoms with Gasteiger partial charge in [0, 0.05) is 18.7 Å². The Labute approximate surface area is 286 Å². The average Bonchev–Trinajstić information content (AvgIpc) is 3.11. The third kappa shape index (κ3) is 9.05. The molecule has 0 aromatic carbocycles. The molecule has 4 N–H and O–H groups in total. The van der Waals surface area contributed by atoms with Crippen molar-refractivity contribution in [2.45, 2.75) is 111 Å². The second-order valence-corrected chi connectivity index (χ2v) is 13.3. The number of nitrogens with two attached hydrogens (primary N) is 2. The van der Waals surface area contributed by atoms with Crippen LogP contribution in [-0.4, -0.2) is 6.54 Å². The van der Waals surface area contributed by atoms with Gasteiger partial charge >= 0.3 is 0 Å². The van der Waals surface area contributed by atoms with Gasteiger partial charge in [-0.1, -0.05) is 111 Å². The van der Waals surface area contributed by atoms with Crippen molar-refractivity contribution in [3.63, 3.8) is 0 Å². The molecular weight excluding hydrogens is 569 g/mol. The summed E-state index contributed by atoms with van der Waals surface area (Å²) < 4.78 is 0. The summed E-state index contributed by atoms with van der Waals surface area (Å²) in [5, 5.41) is 0. The van der Waals surface area contributed by atoms with Crippen LogP contribution in [0.1, 0.15) is 111 Å². The minimum atomic E-state index is 0.538. The third-order valence-corrected chi connectivity index (χ3v) is 10.3. The molecule has 0 amide bonds. The van der Waals surface area contributed by atoms with Crippen LogP contribution in [0, 0.1) is 5.92 Å². The lowest BCUT2D eigenvalue weighted by atomic mass is 9.69. The van der Waals surface area contributed by atoms with E-state index in [-0.39, 0.29) is 0 Å². The number of hydrogen-bond donors (Lipinski definition) is 2. The highest BCUT2D eigenvalue weighted by atomic mass is 14.5. The van der Waals surface area contributed by atoms with E-state index < -0.39 is 0 Å². The third-order valence-electron chi connectivity index (χ3n) is 10.3. The van der Waals surface area contributed by atoms with Gasteiger partial charge < -0.3 is 11.5 Å². The average molecular weight is 629 g/mol. The summed E-state index contributed by atoms with van der Waals surface area (Å²) >= 11 is 0. The zero-order valence-corrected chi connectivity index (χ0v) is 29.8. The van der Waals surface area contributed by atoms with E-state index in [2.05, 4.69) is 95.0 Å². The van der Waals surface area contributed by atoms with Crippen molar-refractivity contribution in [1.82, 2.24) is 0 Å². The number of hydrogen-bond acceptors (Lipinski definition) is 2. The molecule has 2 heteroatoms. The fourth-order valence-corrected chi connectivity index (χ4v) is 7.78. The van der Waals surface area contributed by atoms with Crippen LogP contribution in [0.3, 0.4) is 0 Å². The van der Waals surface area contributed by atoms with E-state index in [0.717, 1.165) is 62.5 Å². The van der Waals surface area contributed by atoms with Crippen molar-refractivity contribution in [3.8, 4) is 0 Å². The topological polar surface area (TPSA) is 52.0 Å². The van der Waals surface area contributed by atoms with Gasteiger partial charge in [-0.2, -0.15) is 0 Å². The van der Waals surface area contributed by atoms with Crippen LogP contribution in [0.15, 0.2) is 153 Å². The normalized spacial score (nSPS) is 22.0. The maximum Gasteiger partial charge on any atom is 0.0143 e. The van der Waals surface area contributed by atoms with Crippen LogP contribution in [0.4, 0.5) is 0 Å². The van der Waals surface area contributed by atoms with Crippen molar-refractivity contribution in [2.24, 2.45) is 17.4 Å². The van der Waals surface area contributed by atoms with E-state index in [1.165, 1.54) is 65.5 Å². The smallest absolute Gasteiger partial charge is 0.0143 e. The van der Waals surface area contributed by atoms with E-state index in [0.29, 0.717) is 12.5 Å². The van der Waals surface area contributed by atoms with Gasteiger partial charge in [-0.05, 0) is 147 Å². The summed E-state index contributed by atoms with van der Waals surface area (Å²) in [5.41, 5.74) is 29.6. The summed E-state index contributed by atoms with van der Waals surface area (Å²) in [6.45, 7) is 13.5. The van der Waals surface area contributed by atoms with Gasteiger partial charge in [0.2, 0.25) is 0 Å². The highest BCUT2D eigenvalue weighted by Crippen LogP contribution is 2.48. The van der Waals surface area contributed by atoms with Gasteiger partial charge in [0.15, 0.2) is 0 Å². The Kier molecular flexibility index (Phi) is 14.4. The number of allylic oxidation sites excluding steroid dienone is 23. The maximum absolute atomic E-state index is 6.11. The molecule has 2 nitrogen and oxygen atoms in total. The van der Waals surface area contributed by atoms with Gasteiger partial charge in [0.05, 0.1) is 0 Å². The van der Waals surface area contributed by atoms with Crippen molar-refractivity contribution < 1.29 is 0 Å². The monoisotopic (exact) mass is 628 g/mol. The first-order chi connectivity index (χ1) is 23.0. The Morgan fingerprint density at radius 2 is 1.74 bits per heavy atom. The lowest BCUT2D eigenvalue weighted by Crippen LogP contribution is -2.19. The molecule has 0 heterocycles. The van der Waals surface area contributed by atoms with Crippen LogP contribution >= 0.6 is 0 Å². The maximum atomic E-state index is 6.11. The molecule has 0 aliphatic heterocycles. The first kappa shape index (κ1) is 36.2. The van der Waals surface area contributed by atoms with Crippen molar-refractivity contribution in [1.29, 1.82) is 0 Å². The molecular formula is C45H60N2. The lowest BCUT2D eigenvalue weighted by molar-refractivity contribution is 0.582. The molecule has 0 spiro atoms. The Hall–Kier alpha value is -3.62. The summed E-state index contributed by atoms with van der Waals surface area (Å²) in [6, 6.07) is 0. The summed E-state index contributed by atoms with van der Waals surface area (Å²) in [4.78, 5) is 0. The molecule has 47 heavy (non-hydrogen) atoms. The van der Waals surface area contributed by atoms with Gasteiger partial charge in [-0.25, -0.2) is 0 Å². The van der Waals surface area contributed by atoms with Crippen LogP contribution in [-0.2, 0) is 0 Å². The molecule has 0 saturated carbocycles. The van der Waals surface area contributed by atoms with Crippen molar-refractivity contribution in [2.75, 3.05) is 6.54 Å². The molecule has 0 bridgehead atoms. The molecule has 1 atom stereocenters. The van der Waals surface area contributed by atoms with E-state index >= 15 is 0 Å². The first-order valence-corrected chi connectivity index (χ1v) is 18.4. The molecule has 0 saturated heterocycles. The standard InChI is InChI=1S/C45H60N2/c1-6-10-12-18-35(9-4)41-29-30-45(44-22-14-13-21-43(41)44)40-27-28-42(39(33(40)5)20-11-7-2)37-25-23-36(24-26-37)38(32-47)19-15-17-34(31-46)16-8-3/h8-9,11-12,15-16,18-20,23,25,30,32,41H,3,6-7,10,13-14,17,21-22,24,26-29,31,46-47H2,1-2,4-5H3/b18-12-,19-15-,20-11-,34-16-,35-9+,38-32+. The van der Waals surface area contributed by atoms with Crippen molar-refractivity contribution in [3.05, 3.63) is 153 Å². The highest BCUT2D eigenvalue weighted by molar-refractivity contribution is 5.64. The molecule has 0 fully saturated rings. The van der Waals surface area contributed by atoms with Gasteiger partial charge in [-0.3, -0.25) is 0 Å². The van der Waals surface area contributed by atoms with Crippen LogP contribution in [0.25, 0.3) is 0 Å². The molecule has 4 rings (SSSR count). The largest absolute Gasteiger partial charge is 0.404 e. The number of unbranched alkanes of at least 4 members (excludes halogenated alkanes) is 1. The Bertz CT molecular complexity index is 1530. The predicted octanol–water partition coefficient (Wildman–Crippen LogP) is 12.0. The number of rotatable bonds is 14. The Morgan fingerprint density at radius 3 is 2.43 bits per heavy atom. The molecule has 0 aromatic heterocycles. The molecule has 250 valence electrons. The van der Waals surface area contributed by atoms with E-state index in [1.807, 2.05) is 6.08 Å².